The van der Waals surface area contributed by atoms with Crippen LogP contribution in [0.15, 0.2) is 30.3 Å². The lowest BCUT2D eigenvalue weighted by Gasteiger charge is -2.30. The summed E-state index contributed by atoms with van der Waals surface area (Å²) in [5.74, 6) is 0.799. The molecule has 114 valence electrons. The first-order valence-corrected chi connectivity index (χ1v) is 8.44. The normalized spacial score (nSPS) is 19.2. The Bertz CT molecular complexity index is 478. The van der Waals surface area contributed by atoms with Crippen LogP contribution in [-0.4, -0.2) is 54.3 Å². The zero-order valence-electron chi connectivity index (χ0n) is 12.4. The van der Waals surface area contributed by atoms with Crippen LogP contribution in [0.3, 0.4) is 0 Å². The standard InChI is InChI=1S/C16H22N2O2S/c1-18-9-5-8-14(10-18)17-16(20)12-21-11-15(19)13-6-3-2-4-7-13/h2-4,6-7,14H,5,8-12H2,1H3,(H,17,20)/t14-/m0/s1. The fraction of sp³-hybridized carbons (Fsp3) is 0.500. The van der Waals surface area contributed by atoms with Gasteiger partial charge in [0.05, 0.1) is 11.5 Å². The Morgan fingerprint density at radius 1 is 1.29 bits per heavy atom. The number of piperidine rings is 1. The molecule has 0 aromatic heterocycles. The molecule has 0 unspecified atom stereocenters. The van der Waals surface area contributed by atoms with Crippen LogP contribution in [0.5, 0.6) is 0 Å². The van der Waals surface area contributed by atoms with Gasteiger partial charge in [0.2, 0.25) is 5.91 Å². The molecule has 21 heavy (non-hydrogen) atoms. The maximum atomic E-state index is 11.9. The van der Waals surface area contributed by atoms with Gasteiger partial charge in [-0.15, -0.1) is 11.8 Å². The van der Waals surface area contributed by atoms with Gasteiger partial charge in [-0.3, -0.25) is 9.59 Å². The second-order valence-electron chi connectivity index (χ2n) is 5.45. The zero-order chi connectivity index (χ0) is 15.1. The number of likely N-dealkylation sites (N-methyl/N-ethyl adjacent to an activating group) is 1. The first kappa shape index (κ1) is 16.0. The zero-order valence-corrected chi connectivity index (χ0v) is 13.2. The lowest BCUT2D eigenvalue weighted by molar-refractivity contribution is -0.119. The number of nitrogens with one attached hydrogen (secondary N) is 1. The van der Waals surface area contributed by atoms with Gasteiger partial charge in [-0.25, -0.2) is 0 Å². The van der Waals surface area contributed by atoms with Gasteiger partial charge in [0.25, 0.3) is 0 Å². The predicted octanol–water partition coefficient (Wildman–Crippen LogP) is 1.81. The van der Waals surface area contributed by atoms with Crippen LogP contribution in [0.25, 0.3) is 0 Å². The number of amides is 1. The third kappa shape index (κ3) is 5.52. The van der Waals surface area contributed by atoms with Gasteiger partial charge in [-0.2, -0.15) is 0 Å². The molecule has 1 heterocycles. The molecule has 1 atom stereocenters. The van der Waals surface area contributed by atoms with E-state index in [0.29, 0.717) is 17.1 Å². The molecule has 1 fully saturated rings. The van der Waals surface area contributed by atoms with Gasteiger partial charge < -0.3 is 10.2 Å². The minimum absolute atomic E-state index is 0.0289. The number of carbonyl (C=O) groups excluding carboxylic acids is 2. The number of hydrogen-bond acceptors (Lipinski definition) is 4. The summed E-state index contributed by atoms with van der Waals surface area (Å²) >= 11 is 1.38. The van der Waals surface area contributed by atoms with Crippen molar-refractivity contribution in [3.63, 3.8) is 0 Å². The van der Waals surface area contributed by atoms with Crippen LogP contribution >= 0.6 is 11.8 Å². The Balaban J connectivity index is 1.66. The van der Waals surface area contributed by atoms with Crippen molar-refractivity contribution in [3.05, 3.63) is 35.9 Å². The Hall–Kier alpha value is -1.33. The number of likely N-dealkylation sites (tertiary alicyclic amines) is 1. The molecule has 2 rings (SSSR count). The van der Waals surface area contributed by atoms with Gasteiger partial charge in [0.1, 0.15) is 0 Å². The monoisotopic (exact) mass is 306 g/mol. The molecule has 5 heteroatoms. The molecule has 0 saturated carbocycles. The summed E-state index contributed by atoms with van der Waals surface area (Å²) in [5, 5.41) is 3.05. The first-order chi connectivity index (χ1) is 10.1. The van der Waals surface area contributed by atoms with Crippen LogP contribution in [0.2, 0.25) is 0 Å². The summed E-state index contributed by atoms with van der Waals surface area (Å²) in [5.41, 5.74) is 0.708. The molecule has 1 aromatic rings. The van der Waals surface area contributed by atoms with Crippen molar-refractivity contribution in [3.8, 4) is 0 Å². The maximum absolute atomic E-state index is 11.9. The minimum Gasteiger partial charge on any atom is -0.351 e. The molecule has 0 spiro atoms. The number of thioether (sulfide) groups is 1. The molecule has 4 nitrogen and oxygen atoms in total. The van der Waals surface area contributed by atoms with Crippen LogP contribution in [0, 0.1) is 0 Å². The number of hydrogen-bond donors (Lipinski definition) is 1. The summed E-state index contributed by atoms with van der Waals surface area (Å²) in [6.45, 7) is 2.02. The van der Waals surface area contributed by atoms with Crippen molar-refractivity contribution in [1.82, 2.24) is 10.2 Å². The lowest BCUT2D eigenvalue weighted by Crippen LogP contribution is -2.46. The smallest absolute Gasteiger partial charge is 0.230 e. The first-order valence-electron chi connectivity index (χ1n) is 7.29. The average Bonchev–Trinajstić information content (AvgIpc) is 2.48. The Kier molecular flexibility index (Phi) is 6.26. The fourth-order valence-electron chi connectivity index (χ4n) is 2.50. The van der Waals surface area contributed by atoms with Crippen molar-refractivity contribution in [1.29, 1.82) is 0 Å². The molecule has 0 aliphatic carbocycles. The molecule has 1 aromatic carbocycles. The maximum Gasteiger partial charge on any atom is 0.230 e. The van der Waals surface area contributed by atoms with E-state index >= 15 is 0 Å². The highest BCUT2D eigenvalue weighted by Crippen LogP contribution is 2.10. The van der Waals surface area contributed by atoms with E-state index in [9.17, 15) is 9.59 Å². The molecule has 1 saturated heterocycles. The van der Waals surface area contributed by atoms with Gasteiger partial charge in [0, 0.05) is 18.2 Å². The Morgan fingerprint density at radius 3 is 2.76 bits per heavy atom. The Morgan fingerprint density at radius 2 is 2.05 bits per heavy atom. The highest BCUT2D eigenvalue weighted by Gasteiger charge is 2.18. The molecule has 1 aliphatic heterocycles. The molecular formula is C16H22N2O2S. The van der Waals surface area contributed by atoms with E-state index in [2.05, 4.69) is 17.3 Å². The number of carbonyl (C=O) groups is 2. The average molecular weight is 306 g/mol. The van der Waals surface area contributed by atoms with Gasteiger partial charge in [0.15, 0.2) is 5.78 Å². The summed E-state index contributed by atoms with van der Waals surface area (Å²) in [6, 6.07) is 9.45. The molecule has 0 radical (unpaired) electrons. The van der Waals surface area contributed by atoms with E-state index in [1.807, 2.05) is 18.2 Å². The van der Waals surface area contributed by atoms with Crippen LogP contribution in [0.1, 0.15) is 23.2 Å². The summed E-state index contributed by atoms with van der Waals surface area (Å²) in [7, 11) is 2.07. The Labute approximate surface area is 130 Å². The minimum atomic E-state index is 0.0289. The predicted molar refractivity (Wildman–Crippen MR) is 86.8 cm³/mol. The SMILES string of the molecule is CN1CCC[C@H](NC(=O)CSCC(=O)c2ccccc2)C1. The van der Waals surface area contributed by atoms with E-state index in [4.69, 9.17) is 0 Å². The van der Waals surface area contributed by atoms with E-state index in [-0.39, 0.29) is 17.7 Å². The molecule has 1 N–H and O–H groups in total. The molecule has 1 aliphatic rings. The van der Waals surface area contributed by atoms with Gasteiger partial charge in [-0.05, 0) is 26.4 Å². The fourth-order valence-corrected chi connectivity index (χ4v) is 3.22. The van der Waals surface area contributed by atoms with Crippen molar-refractivity contribution in [2.75, 3.05) is 31.6 Å². The van der Waals surface area contributed by atoms with Crippen molar-refractivity contribution < 1.29 is 9.59 Å². The quantitative estimate of drug-likeness (QED) is 0.815. The topological polar surface area (TPSA) is 49.4 Å². The van der Waals surface area contributed by atoms with Crippen molar-refractivity contribution in [2.45, 2.75) is 18.9 Å². The number of rotatable bonds is 6. The number of nitrogens with zero attached hydrogens (tertiary/aromatic N) is 1. The number of benzene rings is 1. The molecule has 0 bridgehead atoms. The van der Waals surface area contributed by atoms with E-state index in [1.54, 1.807) is 12.1 Å². The van der Waals surface area contributed by atoms with Crippen molar-refractivity contribution >= 4 is 23.5 Å². The second-order valence-corrected chi connectivity index (χ2v) is 6.44. The number of Topliss-reactive ketones (excluding diaryl/α,β-unsaturated/α-hetero) is 1. The van der Waals surface area contributed by atoms with Crippen LogP contribution in [0.4, 0.5) is 0 Å². The summed E-state index contributed by atoms with van der Waals surface area (Å²) in [6.07, 6.45) is 2.17. The highest BCUT2D eigenvalue weighted by molar-refractivity contribution is 8.00. The lowest BCUT2D eigenvalue weighted by atomic mass is 10.1. The third-order valence-electron chi connectivity index (χ3n) is 3.55. The summed E-state index contributed by atoms with van der Waals surface area (Å²) < 4.78 is 0. The van der Waals surface area contributed by atoms with E-state index in [1.165, 1.54) is 11.8 Å². The largest absolute Gasteiger partial charge is 0.351 e. The van der Waals surface area contributed by atoms with Gasteiger partial charge in [-0.1, -0.05) is 30.3 Å². The molecule has 1 amide bonds. The van der Waals surface area contributed by atoms with Crippen LogP contribution < -0.4 is 5.32 Å². The molecular weight excluding hydrogens is 284 g/mol. The van der Waals surface area contributed by atoms with Crippen LogP contribution in [-0.2, 0) is 4.79 Å². The highest BCUT2D eigenvalue weighted by atomic mass is 32.2. The van der Waals surface area contributed by atoms with Gasteiger partial charge >= 0.3 is 0 Å². The third-order valence-corrected chi connectivity index (χ3v) is 4.48. The van der Waals surface area contributed by atoms with Crippen molar-refractivity contribution in [2.24, 2.45) is 0 Å². The second kappa shape index (κ2) is 8.20. The summed E-state index contributed by atoms with van der Waals surface area (Å²) in [4.78, 5) is 26.0. The van der Waals surface area contributed by atoms with E-state index in [0.717, 1.165) is 25.9 Å². The number of ketones is 1. The van der Waals surface area contributed by atoms with E-state index < -0.39 is 0 Å².